The maximum atomic E-state index is 4.49. The summed E-state index contributed by atoms with van der Waals surface area (Å²) in [5, 5.41) is 4.49. The predicted octanol–water partition coefficient (Wildman–Crippen LogP) is 3.48. The summed E-state index contributed by atoms with van der Waals surface area (Å²) in [6, 6.07) is 1.89. The van der Waals surface area contributed by atoms with Crippen molar-refractivity contribution in [2.75, 3.05) is 0 Å². The third-order valence-corrected chi connectivity index (χ3v) is 3.37. The quantitative estimate of drug-likeness (QED) is 0.834. The van der Waals surface area contributed by atoms with Crippen LogP contribution in [0.5, 0.6) is 0 Å². The van der Waals surface area contributed by atoms with Crippen LogP contribution < -0.4 is 0 Å². The fraction of sp³-hybridized carbons (Fsp3) is 0.188. The van der Waals surface area contributed by atoms with Crippen LogP contribution in [0.2, 0.25) is 0 Å². The van der Waals surface area contributed by atoms with Crippen LogP contribution in [0.1, 0.15) is 20.3 Å². The SMILES string of the molecule is CC1=CC=CCC(C)=C1n1cc(-c2ccncn2)cn1. The maximum absolute atomic E-state index is 4.49. The molecule has 0 radical (unpaired) electrons. The molecule has 4 nitrogen and oxygen atoms in total. The Bertz CT molecular complexity index is 705. The highest BCUT2D eigenvalue weighted by Crippen LogP contribution is 2.26. The van der Waals surface area contributed by atoms with Gasteiger partial charge in [0.25, 0.3) is 0 Å². The molecule has 2 heterocycles. The summed E-state index contributed by atoms with van der Waals surface area (Å²) in [6.45, 7) is 4.26. The van der Waals surface area contributed by atoms with Crippen LogP contribution >= 0.6 is 0 Å². The Balaban J connectivity index is 2.02. The van der Waals surface area contributed by atoms with Crippen molar-refractivity contribution in [3.8, 4) is 11.3 Å². The first-order valence-electron chi connectivity index (χ1n) is 6.60. The lowest BCUT2D eigenvalue weighted by molar-refractivity contribution is 0.886. The van der Waals surface area contributed by atoms with Crippen molar-refractivity contribution >= 4 is 5.70 Å². The highest BCUT2D eigenvalue weighted by molar-refractivity contribution is 5.69. The molecule has 0 aliphatic heterocycles. The second-order valence-corrected chi connectivity index (χ2v) is 4.88. The van der Waals surface area contributed by atoms with E-state index < -0.39 is 0 Å². The highest BCUT2D eigenvalue weighted by Gasteiger charge is 2.11. The number of rotatable bonds is 2. The number of allylic oxidation sites excluding steroid dienone is 6. The number of hydrogen-bond donors (Lipinski definition) is 0. The third-order valence-electron chi connectivity index (χ3n) is 3.37. The average Bonchev–Trinajstić information content (AvgIpc) is 2.88. The van der Waals surface area contributed by atoms with Crippen molar-refractivity contribution in [2.24, 2.45) is 0 Å². The zero-order valence-corrected chi connectivity index (χ0v) is 11.6. The molecule has 2 aromatic heterocycles. The molecule has 0 atom stereocenters. The van der Waals surface area contributed by atoms with E-state index in [1.165, 1.54) is 11.1 Å². The van der Waals surface area contributed by atoms with Crippen LogP contribution in [0.3, 0.4) is 0 Å². The Morgan fingerprint density at radius 2 is 2.15 bits per heavy atom. The fourth-order valence-electron chi connectivity index (χ4n) is 2.38. The van der Waals surface area contributed by atoms with Gasteiger partial charge < -0.3 is 0 Å². The molecule has 0 bridgehead atoms. The zero-order chi connectivity index (χ0) is 13.9. The van der Waals surface area contributed by atoms with Gasteiger partial charge >= 0.3 is 0 Å². The summed E-state index contributed by atoms with van der Waals surface area (Å²) in [5.74, 6) is 0. The van der Waals surface area contributed by atoms with Gasteiger partial charge in [0.1, 0.15) is 6.33 Å². The van der Waals surface area contributed by atoms with Crippen molar-refractivity contribution in [2.45, 2.75) is 20.3 Å². The van der Waals surface area contributed by atoms with Gasteiger partial charge in [-0.15, -0.1) is 0 Å². The topological polar surface area (TPSA) is 43.6 Å². The van der Waals surface area contributed by atoms with Gasteiger partial charge in [0.15, 0.2) is 0 Å². The molecule has 4 heteroatoms. The third kappa shape index (κ3) is 2.32. The van der Waals surface area contributed by atoms with Gasteiger partial charge in [0.2, 0.25) is 0 Å². The molecular formula is C16H16N4. The highest BCUT2D eigenvalue weighted by atomic mass is 15.3. The monoisotopic (exact) mass is 264 g/mol. The summed E-state index contributed by atoms with van der Waals surface area (Å²) in [7, 11) is 0. The van der Waals surface area contributed by atoms with Crippen LogP contribution in [-0.2, 0) is 0 Å². The minimum Gasteiger partial charge on any atom is -0.245 e. The van der Waals surface area contributed by atoms with Crippen molar-refractivity contribution in [3.05, 3.63) is 60.4 Å². The Kier molecular flexibility index (Phi) is 3.29. The van der Waals surface area contributed by atoms with E-state index in [-0.39, 0.29) is 0 Å². The molecule has 3 rings (SSSR count). The zero-order valence-electron chi connectivity index (χ0n) is 11.6. The standard InChI is InChI=1S/C16H16N4/c1-12-5-3-4-6-13(2)16(12)20-10-14(9-19-20)15-7-8-17-11-18-15/h3-5,7-11H,6H2,1-2H3. The molecule has 0 saturated heterocycles. The Labute approximate surface area is 118 Å². The van der Waals surface area contributed by atoms with E-state index >= 15 is 0 Å². The van der Waals surface area contributed by atoms with Gasteiger partial charge in [-0.05, 0) is 37.5 Å². The van der Waals surface area contributed by atoms with E-state index in [2.05, 4.69) is 47.1 Å². The Morgan fingerprint density at radius 3 is 2.95 bits per heavy atom. The number of aromatic nitrogens is 4. The first-order chi connectivity index (χ1) is 9.75. The van der Waals surface area contributed by atoms with Crippen molar-refractivity contribution in [1.29, 1.82) is 0 Å². The van der Waals surface area contributed by atoms with Crippen molar-refractivity contribution < 1.29 is 0 Å². The van der Waals surface area contributed by atoms with Crippen molar-refractivity contribution in [3.63, 3.8) is 0 Å². The summed E-state index contributed by atoms with van der Waals surface area (Å²) in [6.07, 6.45) is 14.5. The molecule has 20 heavy (non-hydrogen) atoms. The molecule has 0 saturated carbocycles. The lowest BCUT2D eigenvalue weighted by Gasteiger charge is -2.10. The average molecular weight is 264 g/mol. The molecule has 0 fully saturated rings. The molecular weight excluding hydrogens is 248 g/mol. The smallest absolute Gasteiger partial charge is 0.116 e. The van der Waals surface area contributed by atoms with E-state index in [0.717, 1.165) is 23.4 Å². The van der Waals surface area contributed by atoms with Crippen LogP contribution in [0.25, 0.3) is 17.0 Å². The molecule has 0 amide bonds. The lowest BCUT2D eigenvalue weighted by Crippen LogP contribution is -2.01. The van der Waals surface area contributed by atoms with Crippen LogP contribution in [-0.4, -0.2) is 19.7 Å². The van der Waals surface area contributed by atoms with Gasteiger partial charge in [0.05, 0.1) is 17.6 Å². The van der Waals surface area contributed by atoms with Crippen LogP contribution in [0, 0.1) is 0 Å². The van der Waals surface area contributed by atoms with Crippen LogP contribution in [0.4, 0.5) is 0 Å². The summed E-state index contributed by atoms with van der Waals surface area (Å²) < 4.78 is 1.94. The minimum absolute atomic E-state index is 0.887. The van der Waals surface area contributed by atoms with E-state index in [4.69, 9.17) is 0 Å². The molecule has 0 unspecified atom stereocenters. The van der Waals surface area contributed by atoms with Crippen molar-refractivity contribution in [1.82, 2.24) is 19.7 Å². The maximum Gasteiger partial charge on any atom is 0.116 e. The molecule has 1 aliphatic carbocycles. The van der Waals surface area contributed by atoms with Crippen LogP contribution in [0.15, 0.2) is 60.4 Å². The number of hydrogen-bond acceptors (Lipinski definition) is 3. The molecule has 0 N–H and O–H groups in total. The second kappa shape index (κ2) is 5.25. The molecule has 2 aromatic rings. The van der Waals surface area contributed by atoms with Gasteiger partial charge in [-0.25, -0.2) is 14.6 Å². The predicted molar refractivity (Wildman–Crippen MR) is 79.7 cm³/mol. The largest absolute Gasteiger partial charge is 0.245 e. The summed E-state index contributed by atoms with van der Waals surface area (Å²) >= 11 is 0. The molecule has 0 aromatic carbocycles. The lowest BCUT2D eigenvalue weighted by atomic mass is 10.1. The normalized spacial score (nSPS) is 15.2. The Hall–Kier alpha value is -2.49. The van der Waals surface area contributed by atoms with E-state index in [9.17, 15) is 0 Å². The van der Waals surface area contributed by atoms with Gasteiger partial charge in [-0.1, -0.05) is 18.2 Å². The summed E-state index contributed by atoms with van der Waals surface area (Å²) in [5.41, 5.74) is 5.57. The summed E-state index contributed by atoms with van der Waals surface area (Å²) in [4.78, 5) is 8.20. The molecule has 1 aliphatic rings. The molecule has 0 spiro atoms. The van der Waals surface area contributed by atoms with Gasteiger partial charge in [0, 0.05) is 18.0 Å². The number of nitrogens with zero attached hydrogens (tertiary/aromatic N) is 4. The van der Waals surface area contributed by atoms with Gasteiger partial charge in [-0.2, -0.15) is 5.10 Å². The van der Waals surface area contributed by atoms with E-state index in [1.807, 2.05) is 23.1 Å². The second-order valence-electron chi connectivity index (χ2n) is 4.88. The van der Waals surface area contributed by atoms with E-state index in [0.29, 0.717) is 0 Å². The fourth-order valence-corrected chi connectivity index (χ4v) is 2.38. The first-order valence-corrected chi connectivity index (χ1v) is 6.60. The minimum atomic E-state index is 0.887. The van der Waals surface area contributed by atoms with E-state index in [1.54, 1.807) is 12.5 Å². The van der Waals surface area contributed by atoms with Gasteiger partial charge in [-0.3, -0.25) is 0 Å². The molecule has 100 valence electrons. The first kappa shape index (κ1) is 12.5. The Morgan fingerprint density at radius 1 is 1.25 bits per heavy atom.